The van der Waals surface area contributed by atoms with Crippen LogP contribution in [0.25, 0.3) is 0 Å². The van der Waals surface area contributed by atoms with Crippen LogP contribution < -0.4 is 14.2 Å². The molecular formula is C19H19NO8. The average Bonchev–Trinajstić information content (AvgIpc) is 2.73. The highest BCUT2D eigenvalue weighted by molar-refractivity contribution is 5.92. The molecule has 2 aromatic carbocycles. The van der Waals surface area contributed by atoms with Gasteiger partial charge in [-0.25, -0.2) is 4.79 Å². The molecule has 0 atom stereocenters. The summed E-state index contributed by atoms with van der Waals surface area (Å²) in [5, 5.41) is 11.5. The van der Waals surface area contributed by atoms with Crippen molar-refractivity contribution in [1.82, 2.24) is 0 Å². The first-order valence-corrected chi connectivity index (χ1v) is 8.49. The highest BCUT2D eigenvalue weighted by Gasteiger charge is 2.24. The number of hydrogen-bond donors (Lipinski definition) is 0. The molecular weight excluding hydrogens is 370 g/mol. The molecule has 0 aromatic heterocycles. The Hall–Kier alpha value is -3.17. The quantitative estimate of drug-likeness (QED) is 0.321. The molecule has 28 heavy (non-hydrogen) atoms. The first kappa shape index (κ1) is 19.6. The van der Waals surface area contributed by atoms with E-state index >= 15 is 0 Å². The van der Waals surface area contributed by atoms with Crippen molar-refractivity contribution < 1.29 is 33.4 Å². The van der Waals surface area contributed by atoms with Gasteiger partial charge in [-0.3, -0.25) is 10.1 Å². The van der Waals surface area contributed by atoms with Crippen LogP contribution in [0.3, 0.4) is 0 Å². The number of nitrogens with zero attached hydrogens (tertiary/aromatic N) is 1. The van der Waals surface area contributed by atoms with Crippen molar-refractivity contribution in [2.75, 3.05) is 27.4 Å². The van der Waals surface area contributed by atoms with Gasteiger partial charge in [0, 0.05) is 11.6 Å². The Bertz CT molecular complexity index is 876. The number of hydrogen-bond acceptors (Lipinski definition) is 8. The Morgan fingerprint density at radius 3 is 2.36 bits per heavy atom. The van der Waals surface area contributed by atoms with E-state index in [-0.39, 0.29) is 17.0 Å². The molecule has 9 nitrogen and oxygen atoms in total. The van der Waals surface area contributed by atoms with Gasteiger partial charge in [0.1, 0.15) is 0 Å². The lowest BCUT2D eigenvalue weighted by Gasteiger charge is -2.23. The van der Waals surface area contributed by atoms with Crippen LogP contribution in [-0.4, -0.2) is 38.3 Å². The third-order valence-electron chi connectivity index (χ3n) is 4.10. The molecule has 1 aliphatic rings. The van der Waals surface area contributed by atoms with Gasteiger partial charge in [-0.2, -0.15) is 0 Å². The molecule has 0 unspecified atom stereocenters. The Balaban J connectivity index is 1.84. The predicted octanol–water partition coefficient (Wildman–Crippen LogP) is 3.27. The normalized spacial score (nSPS) is 14.4. The van der Waals surface area contributed by atoms with Crippen LogP contribution in [0.4, 0.5) is 5.69 Å². The third-order valence-corrected chi connectivity index (χ3v) is 4.10. The summed E-state index contributed by atoms with van der Waals surface area (Å²) in [5.41, 5.74) is 0.288. The molecule has 1 saturated heterocycles. The van der Waals surface area contributed by atoms with E-state index in [1.165, 1.54) is 38.5 Å². The van der Waals surface area contributed by atoms with E-state index in [4.69, 9.17) is 23.7 Å². The summed E-state index contributed by atoms with van der Waals surface area (Å²) in [5.74, 6) is -0.151. The van der Waals surface area contributed by atoms with Crippen molar-refractivity contribution in [1.29, 1.82) is 0 Å². The van der Waals surface area contributed by atoms with Crippen LogP contribution in [0, 0.1) is 10.1 Å². The Morgan fingerprint density at radius 2 is 1.71 bits per heavy atom. The lowest BCUT2D eigenvalue weighted by molar-refractivity contribution is -0.385. The van der Waals surface area contributed by atoms with Gasteiger partial charge in [-0.05, 0) is 36.8 Å². The number of carbonyl (C=O) groups is 1. The lowest BCUT2D eigenvalue weighted by Crippen LogP contribution is -2.18. The number of carbonyl (C=O) groups excluding carboxylic acids is 1. The highest BCUT2D eigenvalue weighted by atomic mass is 16.7. The average molecular weight is 389 g/mol. The van der Waals surface area contributed by atoms with Crippen molar-refractivity contribution in [3.05, 3.63) is 57.6 Å². The van der Waals surface area contributed by atoms with Gasteiger partial charge in [0.05, 0.1) is 37.9 Å². The molecule has 0 amide bonds. The minimum atomic E-state index is -0.762. The first-order chi connectivity index (χ1) is 13.5. The number of rotatable bonds is 6. The number of ether oxygens (including phenoxy) is 5. The summed E-state index contributed by atoms with van der Waals surface area (Å²) in [4.78, 5) is 23.3. The third kappa shape index (κ3) is 4.21. The second-order valence-electron chi connectivity index (χ2n) is 5.87. The largest absolute Gasteiger partial charge is 0.493 e. The topological polar surface area (TPSA) is 106 Å². The zero-order valence-electron chi connectivity index (χ0n) is 15.4. The fourth-order valence-corrected chi connectivity index (χ4v) is 2.71. The van der Waals surface area contributed by atoms with Gasteiger partial charge < -0.3 is 23.7 Å². The van der Waals surface area contributed by atoms with Gasteiger partial charge in [0.2, 0.25) is 5.75 Å². The molecule has 0 saturated carbocycles. The molecule has 0 spiro atoms. The summed E-state index contributed by atoms with van der Waals surface area (Å²) in [6, 6.07) is 8.67. The van der Waals surface area contributed by atoms with Crippen molar-refractivity contribution in [2.45, 2.75) is 12.7 Å². The number of methoxy groups -OCH3 is 2. The molecule has 0 radical (unpaired) electrons. The molecule has 1 fully saturated rings. The minimum absolute atomic E-state index is 0.162. The van der Waals surface area contributed by atoms with Crippen molar-refractivity contribution in [3.63, 3.8) is 0 Å². The zero-order valence-corrected chi connectivity index (χ0v) is 15.4. The maximum absolute atomic E-state index is 12.5. The second kappa shape index (κ2) is 8.68. The van der Waals surface area contributed by atoms with Gasteiger partial charge in [0.15, 0.2) is 17.8 Å². The predicted molar refractivity (Wildman–Crippen MR) is 96.9 cm³/mol. The highest BCUT2D eigenvalue weighted by Crippen LogP contribution is 2.34. The molecule has 1 aliphatic heterocycles. The molecule has 2 aromatic rings. The van der Waals surface area contributed by atoms with E-state index in [0.717, 1.165) is 6.42 Å². The van der Waals surface area contributed by atoms with Gasteiger partial charge in [-0.15, -0.1) is 0 Å². The van der Waals surface area contributed by atoms with Gasteiger partial charge in [-0.1, -0.05) is 0 Å². The number of benzene rings is 2. The maximum atomic E-state index is 12.5. The molecule has 0 bridgehead atoms. The first-order valence-electron chi connectivity index (χ1n) is 8.49. The van der Waals surface area contributed by atoms with Crippen LogP contribution in [0.15, 0.2) is 36.4 Å². The van der Waals surface area contributed by atoms with E-state index in [1.54, 1.807) is 12.1 Å². The van der Waals surface area contributed by atoms with E-state index in [0.29, 0.717) is 30.3 Å². The Kier molecular flexibility index (Phi) is 6.07. The molecule has 148 valence electrons. The van der Waals surface area contributed by atoms with Crippen LogP contribution >= 0.6 is 0 Å². The van der Waals surface area contributed by atoms with E-state index < -0.39 is 17.2 Å². The van der Waals surface area contributed by atoms with Crippen LogP contribution in [0.5, 0.6) is 17.2 Å². The number of nitro groups is 1. The number of esters is 1. The lowest BCUT2D eigenvalue weighted by atomic mass is 10.1. The summed E-state index contributed by atoms with van der Waals surface area (Å²) < 4.78 is 26.4. The molecule has 0 aliphatic carbocycles. The summed E-state index contributed by atoms with van der Waals surface area (Å²) in [6.07, 6.45) is 0.0858. The fourth-order valence-electron chi connectivity index (χ4n) is 2.71. The maximum Gasteiger partial charge on any atom is 0.343 e. The molecule has 3 rings (SSSR count). The summed E-state index contributed by atoms with van der Waals surface area (Å²) in [6.45, 7) is 1.02. The molecule has 1 heterocycles. The molecule has 9 heteroatoms. The van der Waals surface area contributed by atoms with Crippen LogP contribution in [0.2, 0.25) is 0 Å². The SMILES string of the molecule is COc1ccc(C(=O)Oc2ccc(C3OCCCO3)cc2[N+](=O)[O-])cc1OC. The second-order valence-corrected chi connectivity index (χ2v) is 5.87. The number of nitro benzene ring substituents is 1. The van der Waals surface area contributed by atoms with E-state index in [9.17, 15) is 14.9 Å². The van der Waals surface area contributed by atoms with Crippen molar-refractivity contribution in [3.8, 4) is 17.2 Å². The van der Waals surface area contributed by atoms with Crippen molar-refractivity contribution >= 4 is 11.7 Å². The van der Waals surface area contributed by atoms with Gasteiger partial charge in [0.25, 0.3) is 0 Å². The van der Waals surface area contributed by atoms with Crippen LogP contribution in [-0.2, 0) is 9.47 Å². The van der Waals surface area contributed by atoms with E-state index in [2.05, 4.69) is 0 Å². The van der Waals surface area contributed by atoms with E-state index in [1.807, 2.05) is 0 Å². The molecule has 0 N–H and O–H groups in total. The Labute approximate surface area is 160 Å². The standard InChI is InChI=1S/C19H19NO8/c1-24-16-7-4-12(11-17(16)25-2)18(21)28-15-6-5-13(10-14(15)20(22)23)19-26-8-3-9-27-19/h4-7,10-11,19H,3,8-9H2,1-2H3. The Morgan fingerprint density at radius 1 is 1.04 bits per heavy atom. The summed E-state index contributed by atoms with van der Waals surface area (Å²) >= 11 is 0. The fraction of sp³-hybridized carbons (Fsp3) is 0.316. The summed E-state index contributed by atoms with van der Waals surface area (Å²) in [7, 11) is 2.91. The zero-order chi connectivity index (χ0) is 20.1. The van der Waals surface area contributed by atoms with Crippen molar-refractivity contribution in [2.24, 2.45) is 0 Å². The van der Waals surface area contributed by atoms with Crippen LogP contribution in [0.1, 0.15) is 28.6 Å². The minimum Gasteiger partial charge on any atom is -0.493 e. The smallest absolute Gasteiger partial charge is 0.343 e. The van der Waals surface area contributed by atoms with Gasteiger partial charge >= 0.3 is 11.7 Å². The monoisotopic (exact) mass is 389 g/mol.